The maximum absolute atomic E-state index is 12.8. The molecule has 1 aromatic carbocycles. The molecule has 18 heavy (non-hydrogen) atoms. The highest BCUT2D eigenvalue weighted by Crippen LogP contribution is 2.20. The van der Waals surface area contributed by atoms with E-state index in [4.69, 9.17) is 16.3 Å². The predicted molar refractivity (Wildman–Crippen MR) is 62.1 cm³/mol. The van der Waals surface area contributed by atoms with Gasteiger partial charge in [0.1, 0.15) is 11.6 Å². The number of carbonyl (C=O) groups excluding carboxylic acids is 2. The molecule has 0 saturated heterocycles. The van der Waals surface area contributed by atoms with Gasteiger partial charge in [-0.3, -0.25) is 10.1 Å². The number of imide groups is 1. The molecule has 0 saturated carbocycles. The summed E-state index contributed by atoms with van der Waals surface area (Å²) in [6.45, 7) is 1.37. The predicted octanol–water partition coefficient (Wildman–Crippen LogP) is 2.13. The summed E-state index contributed by atoms with van der Waals surface area (Å²) in [5.41, 5.74) is 0. The number of hydrogen-bond acceptors (Lipinski definition) is 4. The summed E-state index contributed by atoms with van der Waals surface area (Å²) in [5.74, 6) is -1.03. The lowest BCUT2D eigenvalue weighted by atomic mass is 10.3. The van der Waals surface area contributed by atoms with E-state index in [2.05, 4.69) is 4.74 Å². The topological polar surface area (TPSA) is 64.6 Å². The van der Waals surface area contributed by atoms with Crippen LogP contribution < -0.4 is 10.1 Å². The Bertz CT molecular complexity index is 453. The minimum atomic E-state index is -0.844. The molecule has 1 aromatic rings. The van der Waals surface area contributed by atoms with E-state index < -0.39 is 24.4 Å². The van der Waals surface area contributed by atoms with Crippen LogP contribution in [-0.2, 0) is 9.53 Å². The molecule has 0 spiro atoms. The summed E-state index contributed by atoms with van der Waals surface area (Å²) in [4.78, 5) is 22.1. The molecule has 5 nitrogen and oxygen atoms in total. The SMILES string of the molecule is CCOC(=O)NC(=O)COc1ccc(F)c(Cl)c1. The lowest BCUT2D eigenvalue weighted by molar-refractivity contribution is -0.122. The van der Waals surface area contributed by atoms with Gasteiger partial charge in [0.25, 0.3) is 5.91 Å². The van der Waals surface area contributed by atoms with E-state index in [1.165, 1.54) is 12.1 Å². The Morgan fingerprint density at radius 3 is 2.78 bits per heavy atom. The highest BCUT2D eigenvalue weighted by Gasteiger charge is 2.09. The van der Waals surface area contributed by atoms with Gasteiger partial charge >= 0.3 is 6.09 Å². The number of ether oxygens (including phenoxy) is 2. The third-order valence-electron chi connectivity index (χ3n) is 1.78. The summed E-state index contributed by atoms with van der Waals surface area (Å²) < 4.78 is 22.3. The maximum Gasteiger partial charge on any atom is 0.413 e. The van der Waals surface area contributed by atoms with Crippen molar-refractivity contribution in [2.45, 2.75) is 6.92 Å². The first-order valence-electron chi connectivity index (χ1n) is 5.07. The standard InChI is InChI=1S/C11H11ClFNO4/c1-2-17-11(16)14-10(15)6-18-7-3-4-9(13)8(12)5-7/h3-5H,2,6H2,1H3,(H,14,15,16). The first kappa shape index (κ1) is 14.2. The third-order valence-corrected chi connectivity index (χ3v) is 2.07. The first-order chi connectivity index (χ1) is 8.52. The lowest BCUT2D eigenvalue weighted by Crippen LogP contribution is -2.34. The Balaban J connectivity index is 2.42. The van der Waals surface area contributed by atoms with Gasteiger partial charge in [-0.05, 0) is 19.1 Å². The maximum atomic E-state index is 12.8. The molecule has 0 fully saturated rings. The zero-order chi connectivity index (χ0) is 13.5. The highest BCUT2D eigenvalue weighted by atomic mass is 35.5. The summed E-state index contributed by atoms with van der Waals surface area (Å²) in [6, 6.07) is 3.66. The first-order valence-corrected chi connectivity index (χ1v) is 5.45. The quantitative estimate of drug-likeness (QED) is 0.914. The van der Waals surface area contributed by atoms with Crippen molar-refractivity contribution in [1.29, 1.82) is 0 Å². The largest absolute Gasteiger partial charge is 0.484 e. The van der Waals surface area contributed by atoms with Crippen LogP contribution in [0.15, 0.2) is 18.2 Å². The zero-order valence-electron chi connectivity index (χ0n) is 9.54. The van der Waals surface area contributed by atoms with Crippen LogP contribution in [0.4, 0.5) is 9.18 Å². The van der Waals surface area contributed by atoms with E-state index >= 15 is 0 Å². The number of benzene rings is 1. The minimum absolute atomic E-state index is 0.113. The number of amides is 2. The third kappa shape index (κ3) is 4.58. The van der Waals surface area contributed by atoms with E-state index in [-0.39, 0.29) is 17.4 Å². The molecular weight excluding hydrogens is 265 g/mol. The summed E-state index contributed by atoms with van der Waals surface area (Å²) >= 11 is 5.53. The highest BCUT2D eigenvalue weighted by molar-refractivity contribution is 6.30. The van der Waals surface area contributed by atoms with Gasteiger partial charge in [-0.25, -0.2) is 9.18 Å². The van der Waals surface area contributed by atoms with Crippen molar-refractivity contribution in [3.05, 3.63) is 29.0 Å². The Hall–Kier alpha value is -1.82. The normalized spacial score (nSPS) is 9.72. The van der Waals surface area contributed by atoms with Gasteiger partial charge in [0, 0.05) is 6.07 Å². The van der Waals surface area contributed by atoms with Crippen molar-refractivity contribution in [1.82, 2.24) is 5.32 Å². The van der Waals surface area contributed by atoms with Crippen LogP contribution in [0.25, 0.3) is 0 Å². The van der Waals surface area contributed by atoms with Crippen molar-refractivity contribution in [3.8, 4) is 5.75 Å². The fraction of sp³-hybridized carbons (Fsp3) is 0.273. The second kappa shape index (κ2) is 6.80. The van der Waals surface area contributed by atoms with Gasteiger partial charge in [-0.15, -0.1) is 0 Å². The van der Waals surface area contributed by atoms with Crippen LogP contribution in [0.2, 0.25) is 5.02 Å². The zero-order valence-corrected chi connectivity index (χ0v) is 10.3. The van der Waals surface area contributed by atoms with Crippen molar-refractivity contribution in [2.24, 2.45) is 0 Å². The average Bonchev–Trinajstić information content (AvgIpc) is 2.31. The molecule has 0 aliphatic carbocycles. The van der Waals surface area contributed by atoms with Crippen LogP contribution in [-0.4, -0.2) is 25.2 Å². The summed E-state index contributed by atoms with van der Waals surface area (Å²) in [6.07, 6.45) is -0.844. The summed E-state index contributed by atoms with van der Waals surface area (Å²) in [7, 11) is 0. The number of hydrogen-bond donors (Lipinski definition) is 1. The number of halogens is 2. The Morgan fingerprint density at radius 1 is 1.44 bits per heavy atom. The fourth-order valence-corrected chi connectivity index (χ4v) is 1.20. The Labute approximate surface area is 108 Å². The lowest BCUT2D eigenvalue weighted by Gasteiger charge is -2.07. The fourth-order valence-electron chi connectivity index (χ4n) is 1.03. The second-order valence-electron chi connectivity index (χ2n) is 3.13. The molecule has 1 rings (SSSR count). The number of nitrogens with one attached hydrogen (secondary N) is 1. The van der Waals surface area contributed by atoms with Gasteiger partial charge in [0.15, 0.2) is 6.61 Å². The molecule has 98 valence electrons. The van der Waals surface area contributed by atoms with Crippen molar-refractivity contribution < 1.29 is 23.5 Å². The second-order valence-corrected chi connectivity index (χ2v) is 3.54. The molecular formula is C11H11ClFNO4. The van der Waals surface area contributed by atoms with E-state index in [1.54, 1.807) is 6.92 Å². The molecule has 0 unspecified atom stereocenters. The molecule has 0 bridgehead atoms. The van der Waals surface area contributed by atoms with Crippen LogP contribution in [0.5, 0.6) is 5.75 Å². The molecule has 0 heterocycles. The van der Waals surface area contributed by atoms with Crippen molar-refractivity contribution in [3.63, 3.8) is 0 Å². The molecule has 7 heteroatoms. The van der Waals surface area contributed by atoms with E-state index in [0.29, 0.717) is 0 Å². The van der Waals surface area contributed by atoms with Crippen LogP contribution in [0.3, 0.4) is 0 Å². The number of alkyl carbamates (subject to hydrolysis) is 1. The monoisotopic (exact) mass is 275 g/mol. The molecule has 0 radical (unpaired) electrons. The molecule has 1 N–H and O–H groups in total. The smallest absolute Gasteiger partial charge is 0.413 e. The molecule has 0 aliphatic heterocycles. The van der Waals surface area contributed by atoms with E-state index in [9.17, 15) is 14.0 Å². The van der Waals surface area contributed by atoms with Crippen LogP contribution >= 0.6 is 11.6 Å². The van der Waals surface area contributed by atoms with E-state index in [1.807, 2.05) is 5.32 Å². The molecule has 0 aromatic heterocycles. The van der Waals surface area contributed by atoms with Gasteiger partial charge < -0.3 is 9.47 Å². The Morgan fingerprint density at radius 2 is 2.17 bits per heavy atom. The molecule has 2 amide bonds. The van der Waals surface area contributed by atoms with E-state index in [0.717, 1.165) is 6.07 Å². The van der Waals surface area contributed by atoms with Gasteiger partial charge in [0.05, 0.1) is 11.6 Å². The summed E-state index contributed by atoms with van der Waals surface area (Å²) in [5, 5.41) is 1.83. The van der Waals surface area contributed by atoms with Crippen molar-refractivity contribution in [2.75, 3.05) is 13.2 Å². The minimum Gasteiger partial charge on any atom is -0.484 e. The number of carbonyl (C=O) groups is 2. The van der Waals surface area contributed by atoms with Crippen LogP contribution in [0.1, 0.15) is 6.92 Å². The Kier molecular flexibility index (Phi) is 5.38. The van der Waals surface area contributed by atoms with Gasteiger partial charge in [-0.1, -0.05) is 11.6 Å². The molecule has 0 aliphatic rings. The molecule has 0 atom stereocenters. The van der Waals surface area contributed by atoms with Crippen LogP contribution in [0, 0.1) is 5.82 Å². The van der Waals surface area contributed by atoms with Gasteiger partial charge in [0.2, 0.25) is 0 Å². The van der Waals surface area contributed by atoms with Gasteiger partial charge in [-0.2, -0.15) is 0 Å². The number of rotatable bonds is 4. The average molecular weight is 276 g/mol. The van der Waals surface area contributed by atoms with Crippen molar-refractivity contribution >= 4 is 23.6 Å².